The highest BCUT2D eigenvalue weighted by atomic mass is 35.5. The van der Waals surface area contributed by atoms with Crippen LogP contribution in [0.15, 0.2) is 77.7 Å². The lowest BCUT2D eigenvalue weighted by Crippen LogP contribution is -2.51. The van der Waals surface area contributed by atoms with Crippen LogP contribution in [0, 0.1) is 5.92 Å². The highest BCUT2D eigenvalue weighted by Crippen LogP contribution is 2.35. The minimum Gasteiger partial charge on any atom is -0.497 e. The standard InChI is InChI=1S/C30H36ClN3O6S/c1-21(2)18-32-30(36)22(3)33(19-23-11-14-25(39-4)15-12-23)29(35)20-34(27-17-24(31)13-16-28(27)40-5)41(37,38)26-9-7-6-8-10-26/h6-17,21-22H,18-20H2,1-5H3,(H,32,36)/t22-/m0/s1. The summed E-state index contributed by atoms with van der Waals surface area (Å²) in [5, 5.41) is 3.13. The van der Waals surface area contributed by atoms with Gasteiger partial charge in [0, 0.05) is 18.1 Å². The van der Waals surface area contributed by atoms with Crippen LogP contribution in [-0.4, -0.2) is 58.5 Å². The smallest absolute Gasteiger partial charge is 0.264 e. The maximum Gasteiger partial charge on any atom is 0.264 e. The molecular weight excluding hydrogens is 566 g/mol. The summed E-state index contributed by atoms with van der Waals surface area (Å²) in [5.74, 6) is 0.125. The first-order valence-electron chi connectivity index (χ1n) is 13.1. The number of ether oxygens (including phenoxy) is 2. The molecule has 3 rings (SSSR count). The summed E-state index contributed by atoms with van der Waals surface area (Å²) in [6, 6.07) is 18.5. The van der Waals surface area contributed by atoms with Crippen molar-refractivity contribution in [1.82, 2.24) is 10.2 Å². The van der Waals surface area contributed by atoms with Gasteiger partial charge >= 0.3 is 0 Å². The highest BCUT2D eigenvalue weighted by molar-refractivity contribution is 7.92. The number of hydrogen-bond donors (Lipinski definition) is 1. The van der Waals surface area contributed by atoms with Crippen LogP contribution in [0.5, 0.6) is 11.5 Å². The normalized spacial score (nSPS) is 12.0. The third kappa shape index (κ3) is 8.14. The Morgan fingerprint density at radius 3 is 2.17 bits per heavy atom. The van der Waals surface area contributed by atoms with Crippen LogP contribution in [0.2, 0.25) is 5.02 Å². The number of carbonyl (C=O) groups is 2. The fraction of sp³-hybridized carbons (Fsp3) is 0.333. The predicted molar refractivity (Wildman–Crippen MR) is 160 cm³/mol. The molecule has 0 radical (unpaired) electrons. The van der Waals surface area contributed by atoms with Crippen molar-refractivity contribution in [3.05, 3.63) is 83.4 Å². The zero-order chi connectivity index (χ0) is 30.2. The van der Waals surface area contributed by atoms with E-state index in [1.807, 2.05) is 13.8 Å². The maximum absolute atomic E-state index is 14.0. The molecule has 9 nitrogen and oxygen atoms in total. The number of nitrogens with zero attached hydrogens (tertiary/aromatic N) is 2. The SMILES string of the molecule is COc1ccc(CN(C(=O)CN(c2cc(Cl)ccc2OC)S(=O)(=O)c2ccccc2)[C@@H](C)C(=O)NCC(C)C)cc1. The summed E-state index contributed by atoms with van der Waals surface area (Å²) in [4.78, 5) is 28.5. The zero-order valence-electron chi connectivity index (χ0n) is 23.8. The van der Waals surface area contributed by atoms with E-state index in [2.05, 4.69) is 5.32 Å². The number of benzene rings is 3. The molecule has 0 saturated heterocycles. The number of anilines is 1. The van der Waals surface area contributed by atoms with Crippen molar-refractivity contribution in [3.8, 4) is 11.5 Å². The Kier molecular flexibility index (Phi) is 11.0. The maximum atomic E-state index is 14.0. The van der Waals surface area contributed by atoms with Gasteiger partial charge in [-0.1, -0.05) is 55.8 Å². The van der Waals surface area contributed by atoms with Crippen molar-refractivity contribution in [3.63, 3.8) is 0 Å². The van der Waals surface area contributed by atoms with E-state index >= 15 is 0 Å². The summed E-state index contributed by atoms with van der Waals surface area (Å²) in [6.45, 7) is 5.44. The van der Waals surface area contributed by atoms with Gasteiger partial charge in [0.05, 0.1) is 24.8 Å². The lowest BCUT2D eigenvalue weighted by molar-refractivity contribution is -0.139. The monoisotopic (exact) mass is 601 g/mol. The van der Waals surface area contributed by atoms with Gasteiger partial charge in [-0.3, -0.25) is 13.9 Å². The largest absolute Gasteiger partial charge is 0.497 e. The summed E-state index contributed by atoms with van der Waals surface area (Å²) in [5.41, 5.74) is 0.832. The first-order valence-corrected chi connectivity index (χ1v) is 14.9. The summed E-state index contributed by atoms with van der Waals surface area (Å²) >= 11 is 6.26. The van der Waals surface area contributed by atoms with Crippen LogP contribution in [-0.2, 0) is 26.2 Å². The summed E-state index contributed by atoms with van der Waals surface area (Å²) < 4.78 is 39.5. The molecule has 0 spiro atoms. The zero-order valence-corrected chi connectivity index (χ0v) is 25.4. The van der Waals surface area contributed by atoms with Gasteiger partial charge in [-0.15, -0.1) is 0 Å². The van der Waals surface area contributed by atoms with Crippen molar-refractivity contribution >= 4 is 39.1 Å². The van der Waals surface area contributed by atoms with E-state index in [1.54, 1.807) is 62.6 Å². The highest BCUT2D eigenvalue weighted by Gasteiger charge is 2.34. The van der Waals surface area contributed by atoms with Gasteiger partial charge in [-0.2, -0.15) is 0 Å². The van der Waals surface area contributed by atoms with Crippen LogP contribution in [0.25, 0.3) is 0 Å². The quantitative estimate of drug-likeness (QED) is 0.303. The van der Waals surface area contributed by atoms with Gasteiger partial charge < -0.3 is 19.7 Å². The van der Waals surface area contributed by atoms with Crippen molar-refractivity contribution in [1.29, 1.82) is 0 Å². The second-order valence-electron chi connectivity index (χ2n) is 9.83. The molecule has 11 heteroatoms. The van der Waals surface area contributed by atoms with E-state index in [0.717, 1.165) is 9.87 Å². The number of amides is 2. The van der Waals surface area contributed by atoms with Crippen molar-refractivity contribution < 1.29 is 27.5 Å². The molecule has 0 aliphatic rings. The van der Waals surface area contributed by atoms with Crippen LogP contribution in [0.3, 0.4) is 0 Å². The van der Waals surface area contributed by atoms with Crippen LogP contribution in [0.4, 0.5) is 5.69 Å². The van der Waals surface area contributed by atoms with Gasteiger partial charge in [0.15, 0.2) is 0 Å². The van der Waals surface area contributed by atoms with E-state index in [0.29, 0.717) is 12.3 Å². The molecule has 0 aliphatic carbocycles. The van der Waals surface area contributed by atoms with Gasteiger partial charge in [0.2, 0.25) is 11.8 Å². The van der Waals surface area contributed by atoms with E-state index in [9.17, 15) is 18.0 Å². The number of hydrogen-bond acceptors (Lipinski definition) is 6. The summed E-state index contributed by atoms with van der Waals surface area (Å²) in [6.07, 6.45) is 0. The molecule has 220 valence electrons. The Morgan fingerprint density at radius 2 is 1.59 bits per heavy atom. The molecule has 0 saturated carbocycles. The molecule has 1 atom stereocenters. The Bertz CT molecular complexity index is 1430. The molecule has 1 N–H and O–H groups in total. The van der Waals surface area contributed by atoms with Gasteiger partial charge in [-0.05, 0) is 60.9 Å². The van der Waals surface area contributed by atoms with Crippen molar-refractivity contribution in [2.24, 2.45) is 5.92 Å². The number of sulfonamides is 1. The number of nitrogens with one attached hydrogen (secondary N) is 1. The molecule has 0 aromatic heterocycles. The molecule has 0 fully saturated rings. The Morgan fingerprint density at radius 1 is 0.927 bits per heavy atom. The van der Waals surface area contributed by atoms with Gasteiger partial charge in [-0.25, -0.2) is 8.42 Å². The fourth-order valence-corrected chi connectivity index (χ4v) is 5.66. The number of rotatable bonds is 13. The lowest BCUT2D eigenvalue weighted by atomic mass is 10.1. The van der Waals surface area contributed by atoms with Gasteiger partial charge in [0.25, 0.3) is 10.0 Å². The molecule has 41 heavy (non-hydrogen) atoms. The van der Waals surface area contributed by atoms with E-state index in [1.165, 1.54) is 36.3 Å². The third-order valence-corrected chi connectivity index (χ3v) is 8.39. The molecule has 0 bridgehead atoms. The number of methoxy groups -OCH3 is 2. The molecule has 0 heterocycles. The molecule has 3 aromatic carbocycles. The number of carbonyl (C=O) groups excluding carboxylic acids is 2. The van der Waals surface area contributed by atoms with E-state index < -0.39 is 28.5 Å². The average molecular weight is 602 g/mol. The van der Waals surface area contributed by atoms with Crippen molar-refractivity contribution in [2.75, 3.05) is 31.6 Å². The predicted octanol–water partition coefficient (Wildman–Crippen LogP) is 4.74. The topological polar surface area (TPSA) is 105 Å². The minimum atomic E-state index is -4.25. The third-order valence-electron chi connectivity index (χ3n) is 6.38. The molecule has 2 amide bonds. The molecule has 0 aliphatic heterocycles. The molecule has 0 unspecified atom stereocenters. The minimum absolute atomic E-state index is 0.0146. The van der Waals surface area contributed by atoms with Crippen LogP contribution in [0.1, 0.15) is 26.3 Å². The van der Waals surface area contributed by atoms with E-state index in [4.69, 9.17) is 21.1 Å². The second-order valence-corrected chi connectivity index (χ2v) is 12.1. The molecular formula is C30H36ClN3O6S. The van der Waals surface area contributed by atoms with Gasteiger partial charge in [0.1, 0.15) is 24.1 Å². The Hall–Kier alpha value is -3.76. The summed E-state index contributed by atoms with van der Waals surface area (Å²) in [7, 11) is -1.30. The Balaban J connectivity index is 2.06. The fourth-order valence-electron chi connectivity index (χ4n) is 4.05. The Labute approximate surface area is 247 Å². The first-order chi connectivity index (χ1) is 19.5. The second kappa shape index (κ2) is 14.2. The average Bonchev–Trinajstić information content (AvgIpc) is 2.97. The number of halogens is 1. The van der Waals surface area contributed by atoms with Crippen LogP contribution >= 0.6 is 11.6 Å². The lowest BCUT2D eigenvalue weighted by Gasteiger charge is -2.32. The molecule has 3 aromatic rings. The van der Waals surface area contributed by atoms with Crippen molar-refractivity contribution in [2.45, 2.75) is 38.3 Å². The van der Waals surface area contributed by atoms with Crippen LogP contribution < -0.4 is 19.1 Å². The van der Waals surface area contributed by atoms with E-state index in [-0.39, 0.29) is 39.7 Å². The first kappa shape index (κ1) is 31.8.